The molecule has 3 aromatic rings. The van der Waals surface area contributed by atoms with Crippen LogP contribution in [0.1, 0.15) is 21.1 Å². The summed E-state index contributed by atoms with van der Waals surface area (Å²) in [4.78, 5) is 16.7. The first kappa shape index (κ1) is 19.6. The molecule has 0 fully saturated rings. The molecule has 146 valence electrons. The van der Waals surface area contributed by atoms with Gasteiger partial charge in [-0.05, 0) is 36.4 Å². The lowest BCUT2D eigenvalue weighted by Crippen LogP contribution is -2.07. The number of carbonyl (C=O) groups excluding carboxylic acids is 1. The first-order valence-electron chi connectivity index (χ1n) is 8.30. The molecule has 2 aromatic carbocycles. The Hall–Kier alpha value is -3.13. The van der Waals surface area contributed by atoms with Crippen LogP contribution in [0, 0.1) is 5.82 Å². The average Bonchev–Trinajstić information content (AvgIpc) is 3.19. The van der Waals surface area contributed by atoms with Crippen molar-refractivity contribution in [1.29, 1.82) is 0 Å². The van der Waals surface area contributed by atoms with Crippen molar-refractivity contribution in [3.63, 3.8) is 0 Å². The molecule has 0 unspecified atom stereocenters. The number of nitrogens with zero attached hydrogens (tertiary/aromatic N) is 1. The molecule has 1 aromatic heterocycles. The fraction of sp³-hybridized carbons (Fsp3) is 0.200. The Kier molecular flexibility index (Phi) is 6.44. The molecule has 6 nitrogen and oxygen atoms in total. The summed E-state index contributed by atoms with van der Waals surface area (Å²) in [5.41, 5.74) is 0.918. The maximum absolute atomic E-state index is 12.9. The summed E-state index contributed by atoms with van der Waals surface area (Å²) in [7, 11) is 3.01. The Morgan fingerprint density at radius 3 is 2.50 bits per heavy atom. The van der Waals surface area contributed by atoms with E-state index in [4.69, 9.17) is 18.9 Å². The van der Waals surface area contributed by atoms with Gasteiger partial charge in [0.15, 0.2) is 0 Å². The van der Waals surface area contributed by atoms with E-state index in [1.807, 2.05) is 0 Å². The number of carbonyl (C=O) groups is 1. The minimum atomic E-state index is -0.517. The number of thiazole rings is 1. The highest BCUT2D eigenvalue weighted by atomic mass is 32.1. The van der Waals surface area contributed by atoms with Gasteiger partial charge in [-0.2, -0.15) is 0 Å². The number of hydrogen-bond acceptors (Lipinski definition) is 7. The SMILES string of the molecule is COc1ccc(C(=O)OCc2csc(COc3ccc(F)cc3)n2)c(OC)c1. The minimum Gasteiger partial charge on any atom is -0.497 e. The minimum absolute atomic E-state index is 0.0288. The van der Waals surface area contributed by atoms with Crippen LogP contribution in [0.5, 0.6) is 17.2 Å². The fourth-order valence-electron chi connectivity index (χ4n) is 2.34. The van der Waals surface area contributed by atoms with Crippen molar-refractivity contribution in [2.75, 3.05) is 14.2 Å². The number of halogens is 1. The lowest BCUT2D eigenvalue weighted by atomic mass is 10.2. The summed E-state index contributed by atoms with van der Waals surface area (Å²) in [6.45, 7) is 0.275. The van der Waals surface area contributed by atoms with Gasteiger partial charge in [-0.1, -0.05) is 0 Å². The molecule has 0 aliphatic heterocycles. The Balaban J connectivity index is 1.55. The normalized spacial score (nSPS) is 10.4. The average molecular weight is 403 g/mol. The molecule has 0 atom stereocenters. The lowest BCUT2D eigenvalue weighted by Gasteiger charge is -2.09. The third kappa shape index (κ3) is 4.98. The smallest absolute Gasteiger partial charge is 0.342 e. The predicted molar refractivity (Wildman–Crippen MR) is 102 cm³/mol. The summed E-state index contributed by atoms with van der Waals surface area (Å²) in [6.07, 6.45) is 0. The summed E-state index contributed by atoms with van der Waals surface area (Å²) in [6, 6.07) is 10.6. The Morgan fingerprint density at radius 2 is 1.79 bits per heavy atom. The van der Waals surface area contributed by atoms with E-state index in [9.17, 15) is 9.18 Å². The van der Waals surface area contributed by atoms with Crippen LogP contribution in [-0.4, -0.2) is 25.2 Å². The summed E-state index contributed by atoms with van der Waals surface area (Å²) >= 11 is 1.39. The van der Waals surface area contributed by atoms with Crippen molar-refractivity contribution < 1.29 is 28.1 Å². The molecule has 0 radical (unpaired) electrons. The second-order valence-corrected chi connectivity index (χ2v) is 6.56. The van der Waals surface area contributed by atoms with E-state index in [0.29, 0.717) is 28.5 Å². The molecule has 1 heterocycles. The quantitative estimate of drug-likeness (QED) is 0.524. The molecule has 0 saturated heterocycles. The van der Waals surface area contributed by atoms with E-state index in [0.717, 1.165) is 5.01 Å². The summed E-state index contributed by atoms with van der Waals surface area (Å²) in [5, 5.41) is 2.51. The zero-order valence-corrected chi connectivity index (χ0v) is 16.1. The second-order valence-electron chi connectivity index (χ2n) is 5.62. The van der Waals surface area contributed by atoms with Crippen molar-refractivity contribution >= 4 is 17.3 Å². The van der Waals surface area contributed by atoms with Crippen molar-refractivity contribution in [2.24, 2.45) is 0 Å². The van der Waals surface area contributed by atoms with E-state index in [2.05, 4.69) is 4.98 Å². The van der Waals surface area contributed by atoms with Gasteiger partial charge >= 0.3 is 5.97 Å². The molecule has 0 saturated carbocycles. The van der Waals surface area contributed by atoms with Gasteiger partial charge in [0.1, 0.15) is 46.9 Å². The molecular weight excluding hydrogens is 385 g/mol. The number of hydrogen-bond donors (Lipinski definition) is 0. The van der Waals surface area contributed by atoms with Crippen molar-refractivity contribution in [3.8, 4) is 17.2 Å². The van der Waals surface area contributed by atoms with Crippen LogP contribution in [0.2, 0.25) is 0 Å². The van der Waals surface area contributed by atoms with Gasteiger partial charge in [0.25, 0.3) is 0 Å². The van der Waals surface area contributed by atoms with Gasteiger partial charge in [-0.25, -0.2) is 14.2 Å². The third-order valence-electron chi connectivity index (χ3n) is 3.76. The van der Waals surface area contributed by atoms with Crippen molar-refractivity contribution in [3.05, 3.63) is 69.9 Å². The van der Waals surface area contributed by atoms with Crippen LogP contribution in [0.15, 0.2) is 47.8 Å². The van der Waals surface area contributed by atoms with Gasteiger partial charge in [-0.15, -0.1) is 11.3 Å². The number of methoxy groups -OCH3 is 2. The monoisotopic (exact) mass is 403 g/mol. The van der Waals surface area contributed by atoms with Gasteiger partial charge in [0.05, 0.1) is 19.9 Å². The fourth-order valence-corrected chi connectivity index (χ4v) is 3.03. The maximum atomic E-state index is 12.9. The standard InChI is InChI=1S/C20H18FNO5S/c1-24-16-7-8-17(18(9-16)25-2)20(23)27-10-14-12-28-19(22-14)11-26-15-5-3-13(21)4-6-15/h3-9,12H,10-11H2,1-2H3. The number of benzene rings is 2. The molecule has 3 rings (SSSR count). The first-order valence-corrected chi connectivity index (χ1v) is 9.18. The van der Waals surface area contributed by atoms with Gasteiger partial charge in [0, 0.05) is 11.4 Å². The molecule has 0 aliphatic carbocycles. The van der Waals surface area contributed by atoms with E-state index < -0.39 is 5.97 Å². The van der Waals surface area contributed by atoms with Crippen LogP contribution in [0.3, 0.4) is 0 Å². The molecule has 0 N–H and O–H groups in total. The van der Waals surface area contributed by atoms with E-state index >= 15 is 0 Å². The molecule has 0 bridgehead atoms. The summed E-state index contributed by atoms with van der Waals surface area (Å²) < 4.78 is 34.1. The first-order chi connectivity index (χ1) is 13.6. The Labute approximate surface area is 165 Å². The zero-order valence-electron chi connectivity index (χ0n) is 15.3. The number of rotatable bonds is 8. The number of aromatic nitrogens is 1. The molecular formula is C20H18FNO5S. The highest BCUT2D eigenvalue weighted by Gasteiger charge is 2.15. The topological polar surface area (TPSA) is 66.9 Å². The van der Waals surface area contributed by atoms with Gasteiger partial charge in [0.2, 0.25) is 0 Å². The van der Waals surface area contributed by atoms with E-state index in [1.54, 1.807) is 35.7 Å². The molecule has 0 amide bonds. The number of esters is 1. The molecule has 0 spiro atoms. The van der Waals surface area contributed by atoms with Crippen LogP contribution < -0.4 is 14.2 Å². The second kappa shape index (κ2) is 9.18. The Bertz CT molecular complexity index is 942. The van der Waals surface area contributed by atoms with Crippen molar-refractivity contribution in [2.45, 2.75) is 13.2 Å². The van der Waals surface area contributed by atoms with E-state index in [-0.39, 0.29) is 19.0 Å². The Morgan fingerprint density at radius 1 is 1.04 bits per heavy atom. The van der Waals surface area contributed by atoms with Crippen LogP contribution in [0.25, 0.3) is 0 Å². The molecule has 8 heteroatoms. The largest absolute Gasteiger partial charge is 0.497 e. The highest BCUT2D eigenvalue weighted by Crippen LogP contribution is 2.25. The van der Waals surface area contributed by atoms with Crippen LogP contribution >= 0.6 is 11.3 Å². The maximum Gasteiger partial charge on any atom is 0.342 e. The van der Waals surface area contributed by atoms with E-state index in [1.165, 1.54) is 37.7 Å². The molecule has 0 aliphatic rings. The highest BCUT2D eigenvalue weighted by molar-refractivity contribution is 7.09. The zero-order chi connectivity index (χ0) is 19.9. The summed E-state index contributed by atoms with van der Waals surface area (Å²) in [5.74, 6) is 0.668. The van der Waals surface area contributed by atoms with Crippen LogP contribution in [-0.2, 0) is 18.0 Å². The van der Waals surface area contributed by atoms with Crippen molar-refractivity contribution in [1.82, 2.24) is 4.98 Å². The lowest BCUT2D eigenvalue weighted by molar-refractivity contribution is 0.0464. The van der Waals surface area contributed by atoms with Gasteiger partial charge in [-0.3, -0.25) is 0 Å². The van der Waals surface area contributed by atoms with Crippen LogP contribution in [0.4, 0.5) is 4.39 Å². The number of ether oxygens (including phenoxy) is 4. The molecule has 28 heavy (non-hydrogen) atoms. The third-order valence-corrected chi connectivity index (χ3v) is 4.63. The van der Waals surface area contributed by atoms with Gasteiger partial charge < -0.3 is 18.9 Å². The predicted octanol–water partition coefficient (Wildman–Crippen LogP) is 4.24.